The zero-order chi connectivity index (χ0) is 14.5. The number of rotatable bonds is 7. The minimum absolute atomic E-state index is 0.0215. The normalized spacial score (nSPS) is 23.2. The summed E-state index contributed by atoms with van der Waals surface area (Å²) in [6.07, 6.45) is 1.60. The van der Waals surface area contributed by atoms with Crippen molar-refractivity contribution in [1.82, 2.24) is 9.03 Å². The second-order valence-corrected chi connectivity index (χ2v) is 6.76. The molecular formula is C11H22N2O5S. The largest absolute Gasteiger partial charge is 0.481 e. The molecule has 0 aromatic carbocycles. The van der Waals surface area contributed by atoms with Gasteiger partial charge in [-0.05, 0) is 25.2 Å². The van der Waals surface area contributed by atoms with Gasteiger partial charge < -0.3 is 10.2 Å². The highest BCUT2D eigenvalue weighted by molar-refractivity contribution is 7.87. The van der Waals surface area contributed by atoms with E-state index >= 15 is 0 Å². The summed E-state index contributed by atoms with van der Waals surface area (Å²) in [7, 11) is -3.62. The lowest BCUT2D eigenvalue weighted by Crippen LogP contribution is -2.48. The van der Waals surface area contributed by atoms with Crippen molar-refractivity contribution in [2.45, 2.75) is 26.2 Å². The van der Waals surface area contributed by atoms with Gasteiger partial charge in [0.05, 0.1) is 5.92 Å². The van der Waals surface area contributed by atoms with Crippen LogP contribution in [-0.2, 0) is 15.0 Å². The van der Waals surface area contributed by atoms with Crippen molar-refractivity contribution in [1.29, 1.82) is 0 Å². The number of carbonyl (C=O) groups is 1. The van der Waals surface area contributed by atoms with Gasteiger partial charge in [-0.2, -0.15) is 12.7 Å². The number of carboxylic acids is 1. The molecule has 1 saturated heterocycles. The number of carboxylic acid groups (broad SMARTS) is 1. The smallest absolute Gasteiger partial charge is 0.307 e. The van der Waals surface area contributed by atoms with Gasteiger partial charge in [-0.15, -0.1) is 0 Å². The molecule has 7 nitrogen and oxygen atoms in total. The first kappa shape index (κ1) is 16.4. The second kappa shape index (κ2) is 7.18. The molecule has 0 amide bonds. The van der Waals surface area contributed by atoms with E-state index in [1.807, 2.05) is 6.92 Å². The van der Waals surface area contributed by atoms with Crippen LogP contribution < -0.4 is 4.72 Å². The Balaban J connectivity index is 2.54. The zero-order valence-corrected chi connectivity index (χ0v) is 11.9. The highest BCUT2D eigenvalue weighted by Gasteiger charge is 2.32. The highest BCUT2D eigenvalue weighted by atomic mass is 32.2. The average molecular weight is 294 g/mol. The minimum atomic E-state index is -3.62. The van der Waals surface area contributed by atoms with Crippen LogP contribution in [0.4, 0.5) is 0 Å². The van der Waals surface area contributed by atoms with Gasteiger partial charge in [0.1, 0.15) is 0 Å². The summed E-state index contributed by atoms with van der Waals surface area (Å²) < 4.78 is 27.7. The summed E-state index contributed by atoms with van der Waals surface area (Å²) in [6, 6.07) is 0. The highest BCUT2D eigenvalue weighted by Crippen LogP contribution is 2.18. The maximum Gasteiger partial charge on any atom is 0.307 e. The van der Waals surface area contributed by atoms with Crippen molar-refractivity contribution in [2.75, 3.05) is 26.2 Å². The Hall–Kier alpha value is -0.700. The van der Waals surface area contributed by atoms with Gasteiger partial charge in [0.15, 0.2) is 0 Å². The van der Waals surface area contributed by atoms with Gasteiger partial charge in [-0.3, -0.25) is 4.79 Å². The third-order valence-corrected chi connectivity index (χ3v) is 4.85. The Labute approximate surface area is 113 Å². The Morgan fingerprint density at radius 2 is 2.21 bits per heavy atom. The fourth-order valence-electron chi connectivity index (χ4n) is 2.02. The van der Waals surface area contributed by atoms with E-state index in [0.717, 1.165) is 0 Å². The van der Waals surface area contributed by atoms with E-state index in [1.165, 1.54) is 4.31 Å². The van der Waals surface area contributed by atoms with Crippen LogP contribution in [0.15, 0.2) is 0 Å². The summed E-state index contributed by atoms with van der Waals surface area (Å²) in [6.45, 7) is 2.49. The maximum atomic E-state index is 12.0. The number of nitrogens with one attached hydrogen (secondary N) is 1. The van der Waals surface area contributed by atoms with E-state index in [4.69, 9.17) is 10.2 Å². The lowest BCUT2D eigenvalue weighted by atomic mass is 10.0. The van der Waals surface area contributed by atoms with E-state index in [9.17, 15) is 13.2 Å². The van der Waals surface area contributed by atoms with Crippen LogP contribution in [0.2, 0.25) is 0 Å². The molecule has 8 heteroatoms. The first-order valence-corrected chi connectivity index (χ1v) is 7.89. The van der Waals surface area contributed by atoms with Gasteiger partial charge in [-0.1, -0.05) is 6.92 Å². The monoisotopic (exact) mass is 294 g/mol. The van der Waals surface area contributed by atoms with E-state index < -0.39 is 22.1 Å². The van der Waals surface area contributed by atoms with Crippen molar-refractivity contribution >= 4 is 16.2 Å². The van der Waals surface area contributed by atoms with Crippen molar-refractivity contribution in [3.8, 4) is 0 Å². The van der Waals surface area contributed by atoms with E-state index in [0.29, 0.717) is 25.8 Å². The molecule has 0 bridgehead atoms. The van der Waals surface area contributed by atoms with Crippen LogP contribution >= 0.6 is 0 Å². The minimum Gasteiger partial charge on any atom is -0.481 e. The summed E-state index contributed by atoms with van der Waals surface area (Å²) >= 11 is 0. The zero-order valence-electron chi connectivity index (χ0n) is 11.1. The van der Waals surface area contributed by atoms with Crippen LogP contribution in [0.3, 0.4) is 0 Å². The molecule has 1 aliphatic rings. The molecule has 0 saturated carbocycles. The number of nitrogens with zero attached hydrogens (tertiary/aromatic N) is 1. The van der Waals surface area contributed by atoms with Crippen molar-refractivity contribution in [3.05, 3.63) is 0 Å². The maximum absolute atomic E-state index is 12.0. The Morgan fingerprint density at radius 1 is 1.53 bits per heavy atom. The first-order valence-electron chi connectivity index (χ1n) is 6.45. The van der Waals surface area contributed by atoms with Gasteiger partial charge in [0.2, 0.25) is 0 Å². The van der Waals surface area contributed by atoms with Gasteiger partial charge in [-0.25, -0.2) is 4.72 Å². The fraction of sp³-hybridized carbons (Fsp3) is 0.909. The molecule has 0 aromatic rings. The lowest BCUT2D eigenvalue weighted by Gasteiger charge is -2.30. The van der Waals surface area contributed by atoms with Crippen LogP contribution in [-0.4, -0.2) is 55.1 Å². The number of hydrogen-bond acceptors (Lipinski definition) is 4. The van der Waals surface area contributed by atoms with E-state index in [-0.39, 0.29) is 25.6 Å². The molecule has 19 heavy (non-hydrogen) atoms. The number of piperidine rings is 1. The predicted molar refractivity (Wildman–Crippen MR) is 69.7 cm³/mol. The first-order chi connectivity index (χ1) is 8.86. The van der Waals surface area contributed by atoms with E-state index in [2.05, 4.69) is 4.72 Å². The SMILES string of the molecule is CC(CCO)CNS(=O)(=O)N1CCCC(C(=O)O)C1. The average Bonchev–Trinajstić information content (AvgIpc) is 2.37. The molecule has 3 N–H and O–H groups in total. The van der Waals surface area contributed by atoms with Gasteiger partial charge >= 0.3 is 5.97 Å². The molecule has 112 valence electrons. The van der Waals surface area contributed by atoms with Crippen LogP contribution in [0.1, 0.15) is 26.2 Å². The summed E-state index contributed by atoms with van der Waals surface area (Å²) in [5.41, 5.74) is 0. The molecule has 1 heterocycles. The summed E-state index contributed by atoms with van der Waals surface area (Å²) in [5.74, 6) is -1.53. The molecule has 0 aliphatic carbocycles. The van der Waals surface area contributed by atoms with Crippen LogP contribution in [0, 0.1) is 11.8 Å². The number of aliphatic hydroxyl groups excluding tert-OH is 1. The number of aliphatic hydroxyl groups is 1. The summed E-state index contributed by atoms with van der Waals surface area (Å²) in [5, 5.41) is 17.7. The van der Waals surface area contributed by atoms with E-state index in [1.54, 1.807) is 0 Å². The molecule has 2 unspecified atom stereocenters. The third-order valence-electron chi connectivity index (χ3n) is 3.31. The molecule has 0 spiro atoms. The van der Waals surface area contributed by atoms with Gasteiger partial charge in [0, 0.05) is 26.2 Å². The van der Waals surface area contributed by atoms with Crippen molar-refractivity contribution in [3.63, 3.8) is 0 Å². The third kappa shape index (κ3) is 5.06. The Morgan fingerprint density at radius 3 is 2.79 bits per heavy atom. The van der Waals surface area contributed by atoms with Crippen LogP contribution in [0.5, 0.6) is 0 Å². The van der Waals surface area contributed by atoms with Crippen LogP contribution in [0.25, 0.3) is 0 Å². The standard InChI is InChI=1S/C11H22N2O5S/c1-9(4-6-14)7-12-19(17,18)13-5-2-3-10(8-13)11(15)16/h9-10,12,14H,2-8H2,1H3,(H,15,16). The number of aliphatic carboxylic acids is 1. The molecular weight excluding hydrogens is 272 g/mol. The molecule has 0 aromatic heterocycles. The predicted octanol–water partition coefficient (Wildman–Crippen LogP) is -0.364. The second-order valence-electron chi connectivity index (χ2n) is 5.01. The van der Waals surface area contributed by atoms with Gasteiger partial charge in [0.25, 0.3) is 10.2 Å². The van der Waals surface area contributed by atoms with Crippen molar-refractivity contribution < 1.29 is 23.4 Å². The molecule has 1 aliphatic heterocycles. The topological polar surface area (TPSA) is 107 Å². The molecule has 1 rings (SSSR count). The molecule has 0 radical (unpaired) electrons. The summed E-state index contributed by atoms with van der Waals surface area (Å²) in [4.78, 5) is 10.9. The Kier molecular flexibility index (Phi) is 6.18. The van der Waals surface area contributed by atoms with Crippen molar-refractivity contribution in [2.24, 2.45) is 11.8 Å². The quantitative estimate of drug-likeness (QED) is 0.594. The fourth-order valence-corrected chi connectivity index (χ4v) is 3.45. The number of hydrogen-bond donors (Lipinski definition) is 3. The Bertz CT molecular complexity index is 398. The lowest BCUT2D eigenvalue weighted by molar-refractivity contribution is -0.142. The molecule has 1 fully saturated rings. The molecule has 2 atom stereocenters.